The lowest BCUT2D eigenvalue weighted by Crippen LogP contribution is -2.46. The van der Waals surface area contributed by atoms with Gasteiger partial charge in [-0.25, -0.2) is 9.97 Å². The Balaban J connectivity index is 1.96. The third-order valence-electron chi connectivity index (χ3n) is 4.03. The average Bonchev–Trinajstić information content (AvgIpc) is 2.54. The molecule has 0 amide bonds. The summed E-state index contributed by atoms with van der Waals surface area (Å²) in [6.45, 7) is 6.85. The van der Waals surface area contributed by atoms with E-state index in [4.69, 9.17) is 0 Å². The van der Waals surface area contributed by atoms with Crippen molar-refractivity contribution in [2.75, 3.05) is 37.6 Å². The van der Waals surface area contributed by atoms with E-state index >= 15 is 0 Å². The minimum absolute atomic E-state index is 0.0732. The zero-order valence-electron chi connectivity index (χ0n) is 12.6. The molecule has 22 heavy (non-hydrogen) atoms. The van der Waals surface area contributed by atoms with Gasteiger partial charge in [0, 0.05) is 32.2 Å². The molecule has 1 fully saturated rings. The number of rotatable bonds is 4. The van der Waals surface area contributed by atoms with Gasteiger partial charge in [0.15, 0.2) is 0 Å². The summed E-state index contributed by atoms with van der Waals surface area (Å²) in [6, 6.07) is 4.97. The van der Waals surface area contributed by atoms with Gasteiger partial charge >= 0.3 is 0 Å². The van der Waals surface area contributed by atoms with Gasteiger partial charge in [0.05, 0.1) is 10.4 Å². The van der Waals surface area contributed by atoms with E-state index in [1.165, 1.54) is 12.4 Å². The molecule has 0 bridgehead atoms. The van der Waals surface area contributed by atoms with Crippen LogP contribution in [-0.2, 0) is 0 Å². The van der Waals surface area contributed by atoms with E-state index in [0.29, 0.717) is 16.7 Å². The van der Waals surface area contributed by atoms with Crippen molar-refractivity contribution >= 4 is 22.4 Å². The predicted molar refractivity (Wildman–Crippen MR) is 85.1 cm³/mol. The second kappa shape index (κ2) is 6.23. The zero-order valence-corrected chi connectivity index (χ0v) is 12.6. The molecule has 1 aromatic carbocycles. The fraction of sp³-hybridized carbons (Fsp3) is 0.467. The summed E-state index contributed by atoms with van der Waals surface area (Å²) in [5.74, 6) is 0.674. The van der Waals surface area contributed by atoms with Gasteiger partial charge in [-0.2, -0.15) is 0 Å². The number of benzene rings is 1. The minimum atomic E-state index is -0.359. The number of piperazine rings is 1. The highest BCUT2D eigenvalue weighted by Gasteiger charge is 2.23. The third kappa shape index (κ3) is 2.71. The SMILES string of the molecule is CCCN1CCN(c2ncnc3cccc([N+](=O)[O-])c23)CC1. The first kappa shape index (κ1) is 14.6. The van der Waals surface area contributed by atoms with Crippen molar-refractivity contribution in [1.29, 1.82) is 0 Å². The lowest BCUT2D eigenvalue weighted by molar-refractivity contribution is -0.383. The maximum atomic E-state index is 11.3. The molecule has 0 atom stereocenters. The van der Waals surface area contributed by atoms with E-state index in [1.54, 1.807) is 12.1 Å². The Morgan fingerprint density at radius 3 is 2.68 bits per heavy atom. The fourth-order valence-electron chi connectivity index (χ4n) is 2.97. The Kier molecular flexibility index (Phi) is 4.15. The Bertz CT molecular complexity index is 677. The van der Waals surface area contributed by atoms with Crippen LogP contribution >= 0.6 is 0 Å². The fourth-order valence-corrected chi connectivity index (χ4v) is 2.97. The Morgan fingerprint density at radius 1 is 1.23 bits per heavy atom. The molecule has 2 aromatic rings. The number of anilines is 1. The molecule has 2 heterocycles. The number of non-ortho nitro benzene ring substituents is 1. The summed E-state index contributed by atoms with van der Waals surface area (Å²) in [7, 11) is 0. The van der Waals surface area contributed by atoms with Gasteiger partial charge in [0.25, 0.3) is 5.69 Å². The van der Waals surface area contributed by atoms with Crippen LogP contribution in [0, 0.1) is 10.1 Å². The smallest absolute Gasteiger partial charge is 0.282 e. The molecule has 0 aliphatic carbocycles. The van der Waals surface area contributed by atoms with Gasteiger partial charge in [0.2, 0.25) is 0 Å². The van der Waals surface area contributed by atoms with Gasteiger partial charge in [-0.3, -0.25) is 15.0 Å². The number of hydrogen-bond donors (Lipinski definition) is 0. The van der Waals surface area contributed by atoms with Crippen LogP contribution in [0.2, 0.25) is 0 Å². The van der Waals surface area contributed by atoms with E-state index in [1.807, 2.05) is 0 Å². The molecule has 7 heteroatoms. The first-order valence-corrected chi connectivity index (χ1v) is 7.56. The van der Waals surface area contributed by atoms with Crippen LogP contribution in [0.3, 0.4) is 0 Å². The summed E-state index contributed by atoms with van der Waals surface area (Å²) in [5, 5.41) is 11.9. The number of nitro benzene ring substituents is 1. The van der Waals surface area contributed by atoms with Crippen molar-refractivity contribution in [2.24, 2.45) is 0 Å². The maximum Gasteiger partial charge on any atom is 0.282 e. The normalized spacial score (nSPS) is 16.1. The third-order valence-corrected chi connectivity index (χ3v) is 4.03. The number of fused-ring (bicyclic) bond motifs is 1. The standard InChI is InChI=1S/C15H19N5O2/c1-2-6-18-7-9-19(10-8-18)15-14-12(16-11-17-15)4-3-5-13(14)20(21)22/h3-5,11H,2,6-10H2,1H3. The average molecular weight is 301 g/mol. The van der Waals surface area contributed by atoms with Crippen LogP contribution in [0.5, 0.6) is 0 Å². The zero-order chi connectivity index (χ0) is 15.5. The van der Waals surface area contributed by atoms with E-state index in [9.17, 15) is 10.1 Å². The van der Waals surface area contributed by atoms with Crippen molar-refractivity contribution < 1.29 is 4.92 Å². The molecule has 1 aliphatic heterocycles. The Labute approximate surface area is 128 Å². The molecule has 0 radical (unpaired) electrons. The minimum Gasteiger partial charge on any atom is -0.353 e. The van der Waals surface area contributed by atoms with Crippen molar-refractivity contribution in [3.05, 3.63) is 34.6 Å². The van der Waals surface area contributed by atoms with Crippen LogP contribution < -0.4 is 4.90 Å². The topological polar surface area (TPSA) is 75.4 Å². The molecule has 3 rings (SSSR count). The molecule has 0 N–H and O–H groups in total. The van der Waals surface area contributed by atoms with Gasteiger partial charge in [-0.15, -0.1) is 0 Å². The second-order valence-electron chi connectivity index (χ2n) is 5.45. The molecule has 116 valence electrons. The molecule has 1 saturated heterocycles. The van der Waals surface area contributed by atoms with Crippen LogP contribution in [-0.4, -0.2) is 52.5 Å². The maximum absolute atomic E-state index is 11.3. The van der Waals surface area contributed by atoms with Gasteiger partial charge in [-0.1, -0.05) is 13.0 Å². The quantitative estimate of drug-likeness (QED) is 0.635. The highest BCUT2D eigenvalue weighted by Crippen LogP contribution is 2.31. The molecule has 7 nitrogen and oxygen atoms in total. The van der Waals surface area contributed by atoms with Crippen LogP contribution in [0.25, 0.3) is 10.9 Å². The van der Waals surface area contributed by atoms with Crippen LogP contribution in [0.1, 0.15) is 13.3 Å². The monoisotopic (exact) mass is 301 g/mol. The number of hydrogen-bond acceptors (Lipinski definition) is 6. The van der Waals surface area contributed by atoms with E-state index in [0.717, 1.165) is 39.1 Å². The summed E-state index contributed by atoms with van der Waals surface area (Å²) < 4.78 is 0. The molecule has 1 aliphatic rings. The van der Waals surface area contributed by atoms with Crippen molar-refractivity contribution in [1.82, 2.24) is 14.9 Å². The van der Waals surface area contributed by atoms with Crippen LogP contribution in [0.15, 0.2) is 24.5 Å². The Hall–Kier alpha value is -2.28. The van der Waals surface area contributed by atoms with Gasteiger partial charge in [0.1, 0.15) is 17.5 Å². The molecule has 1 aromatic heterocycles. The largest absolute Gasteiger partial charge is 0.353 e. The molecule has 0 spiro atoms. The van der Waals surface area contributed by atoms with Gasteiger partial charge in [-0.05, 0) is 19.0 Å². The van der Waals surface area contributed by atoms with Gasteiger partial charge < -0.3 is 4.90 Å². The lowest BCUT2D eigenvalue weighted by atomic mass is 10.1. The first-order chi connectivity index (χ1) is 10.7. The van der Waals surface area contributed by atoms with Crippen molar-refractivity contribution in [2.45, 2.75) is 13.3 Å². The summed E-state index contributed by atoms with van der Waals surface area (Å²) in [5.41, 5.74) is 0.694. The second-order valence-corrected chi connectivity index (χ2v) is 5.45. The summed E-state index contributed by atoms with van der Waals surface area (Å²) >= 11 is 0. The molecular weight excluding hydrogens is 282 g/mol. The lowest BCUT2D eigenvalue weighted by Gasteiger charge is -2.35. The van der Waals surface area contributed by atoms with Crippen molar-refractivity contribution in [3.8, 4) is 0 Å². The Morgan fingerprint density at radius 2 is 2.00 bits per heavy atom. The van der Waals surface area contributed by atoms with E-state index in [2.05, 4.69) is 26.7 Å². The number of nitro groups is 1. The van der Waals surface area contributed by atoms with Crippen LogP contribution in [0.4, 0.5) is 11.5 Å². The van der Waals surface area contributed by atoms with E-state index in [-0.39, 0.29) is 10.6 Å². The first-order valence-electron chi connectivity index (χ1n) is 7.56. The molecule has 0 saturated carbocycles. The highest BCUT2D eigenvalue weighted by atomic mass is 16.6. The summed E-state index contributed by atoms with van der Waals surface area (Å²) in [4.78, 5) is 24.0. The number of nitrogens with zero attached hydrogens (tertiary/aromatic N) is 5. The summed E-state index contributed by atoms with van der Waals surface area (Å²) in [6.07, 6.45) is 2.63. The predicted octanol–water partition coefficient (Wildman–Crippen LogP) is 2.07. The highest BCUT2D eigenvalue weighted by molar-refractivity contribution is 5.97. The molecule has 0 unspecified atom stereocenters. The number of aromatic nitrogens is 2. The van der Waals surface area contributed by atoms with Crippen molar-refractivity contribution in [3.63, 3.8) is 0 Å². The van der Waals surface area contributed by atoms with E-state index < -0.39 is 0 Å². The molecular formula is C15H19N5O2.